The Labute approximate surface area is 280 Å². The summed E-state index contributed by atoms with van der Waals surface area (Å²) in [6, 6.07) is 27.5. The molecular formula is C36H18N6O8. The minimum absolute atomic E-state index is 0.0551. The Bertz CT molecular complexity index is 2540. The SMILES string of the molecule is O=C1c2ccc([N+](=O)[O-])cc2C(=O)N1c1ccc(-c2nc(-c3ccccc3)c3cc(N4C(=O)c5ccc([N+](=O)[O-])cc5C4=O)ccc3n2)cc1. The summed E-state index contributed by atoms with van der Waals surface area (Å²) < 4.78 is 0. The molecule has 5 aromatic carbocycles. The number of hydrogen-bond acceptors (Lipinski definition) is 10. The number of nitro groups is 2. The molecule has 14 heteroatoms. The van der Waals surface area contributed by atoms with Crippen LogP contribution in [0.2, 0.25) is 0 Å². The number of nitrogens with zero attached hydrogens (tertiary/aromatic N) is 6. The van der Waals surface area contributed by atoms with Gasteiger partial charge in [-0.05, 0) is 54.6 Å². The predicted molar refractivity (Wildman–Crippen MR) is 179 cm³/mol. The number of aromatic nitrogens is 2. The van der Waals surface area contributed by atoms with E-state index in [1.807, 2.05) is 30.3 Å². The summed E-state index contributed by atoms with van der Waals surface area (Å²) in [5.74, 6) is -2.28. The third-order valence-electron chi connectivity index (χ3n) is 8.53. The van der Waals surface area contributed by atoms with Gasteiger partial charge >= 0.3 is 0 Å². The van der Waals surface area contributed by atoms with E-state index in [9.17, 15) is 39.4 Å². The van der Waals surface area contributed by atoms with Crippen LogP contribution >= 0.6 is 0 Å². The number of carbonyl (C=O) groups excluding carboxylic acids is 4. The number of anilines is 2. The van der Waals surface area contributed by atoms with Crippen molar-refractivity contribution >= 4 is 57.3 Å². The Hall–Kier alpha value is -7.48. The second-order valence-electron chi connectivity index (χ2n) is 11.4. The molecule has 0 unspecified atom stereocenters. The number of non-ortho nitro benzene ring substituents is 2. The zero-order valence-corrected chi connectivity index (χ0v) is 25.3. The summed E-state index contributed by atoms with van der Waals surface area (Å²) in [5.41, 5.74) is 2.12. The van der Waals surface area contributed by atoms with Crippen LogP contribution in [0.5, 0.6) is 0 Å². The minimum atomic E-state index is -0.691. The van der Waals surface area contributed by atoms with Crippen molar-refractivity contribution < 1.29 is 29.0 Å². The van der Waals surface area contributed by atoms with E-state index in [0.29, 0.717) is 33.5 Å². The number of amides is 4. The molecule has 0 saturated carbocycles. The van der Waals surface area contributed by atoms with Crippen LogP contribution in [0.15, 0.2) is 109 Å². The van der Waals surface area contributed by atoms with E-state index in [2.05, 4.69) is 0 Å². The lowest BCUT2D eigenvalue weighted by Crippen LogP contribution is -2.29. The highest BCUT2D eigenvalue weighted by molar-refractivity contribution is 6.35. The molecule has 0 radical (unpaired) electrons. The van der Waals surface area contributed by atoms with Gasteiger partial charge in [-0.25, -0.2) is 19.8 Å². The molecule has 3 heterocycles. The Balaban J connectivity index is 1.17. The van der Waals surface area contributed by atoms with Crippen LogP contribution in [0.25, 0.3) is 33.5 Å². The van der Waals surface area contributed by atoms with Gasteiger partial charge < -0.3 is 0 Å². The van der Waals surface area contributed by atoms with Crippen LogP contribution in [-0.4, -0.2) is 43.4 Å². The molecule has 2 aliphatic heterocycles. The molecule has 6 aromatic rings. The first kappa shape index (κ1) is 29.9. The second kappa shape index (κ2) is 11.1. The molecule has 50 heavy (non-hydrogen) atoms. The summed E-state index contributed by atoms with van der Waals surface area (Å²) in [4.78, 5) is 85.7. The number of benzene rings is 5. The summed E-state index contributed by atoms with van der Waals surface area (Å²) >= 11 is 0. The van der Waals surface area contributed by atoms with Crippen LogP contribution < -0.4 is 9.80 Å². The van der Waals surface area contributed by atoms with Gasteiger partial charge in [0.05, 0.1) is 54.7 Å². The molecule has 0 bridgehead atoms. The highest BCUT2D eigenvalue weighted by atomic mass is 16.6. The Morgan fingerprint density at radius 3 is 1.58 bits per heavy atom. The molecule has 2 aliphatic rings. The van der Waals surface area contributed by atoms with Gasteiger partial charge in [-0.3, -0.25) is 39.4 Å². The fraction of sp³-hybridized carbons (Fsp3) is 0. The van der Waals surface area contributed by atoms with Gasteiger partial charge in [-0.1, -0.05) is 30.3 Å². The first-order chi connectivity index (χ1) is 24.1. The van der Waals surface area contributed by atoms with E-state index < -0.39 is 33.5 Å². The zero-order chi connectivity index (χ0) is 34.8. The third kappa shape index (κ3) is 4.58. The van der Waals surface area contributed by atoms with E-state index in [0.717, 1.165) is 21.9 Å². The van der Waals surface area contributed by atoms with Gasteiger partial charge in [-0.2, -0.15) is 0 Å². The van der Waals surface area contributed by atoms with Gasteiger partial charge in [-0.15, -0.1) is 0 Å². The van der Waals surface area contributed by atoms with Gasteiger partial charge in [0, 0.05) is 40.8 Å². The average Bonchev–Trinajstić information content (AvgIpc) is 3.54. The molecule has 0 saturated heterocycles. The molecule has 0 spiro atoms. The molecule has 0 N–H and O–H groups in total. The van der Waals surface area contributed by atoms with Crippen molar-refractivity contribution in [3.8, 4) is 22.6 Å². The van der Waals surface area contributed by atoms with Crippen molar-refractivity contribution in [2.75, 3.05) is 9.80 Å². The van der Waals surface area contributed by atoms with Crippen molar-refractivity contribution in [3.05, 3.63) is 152 Å². The maximum Gasteiger partial charge on any atom is 0.270 e. The lowest BCUT2D eigenvalue weighted by atomic mass is 10.0. The molecule has 1 aromatic heterocycles. The topological polar surface area (TPSA) is 187 Å². The van der Waals surface area contributed by atoms with E-state index in [4.69, 9.17) is 9.97 Å². The molecule has 8 rings (SSSR count). The molecule has 14 nitrogen and oxygen atoms in total. The Morgan fingerprint density at radius 1 is 0.500 bits per heavy atom. The van der Waals surface area contributed by atoms with Crippen molar-refractivity contribution in [2.24, 2.45) is 0 Å². The fourth-order valence-electron chi connectivity index (χ4n) is 6.11. The molecule has 0 atom stereocenters. The van der Waals surface area contributed by atoms with Crippen LogP contribution in [-0.2, 0) is 0 Å². The van der Waals surface area contributed by atoms with Gasteiger partial charge in [0.2, 0.25) is 0 Å². The summed E-state index contributed by atoms with van der Waals surface area (Å²) in [6.07, 6.45) is 0. The quantitative estimate of drug-likeness (QED) is 0.110. The van der Waals surface area contributed by atoms with Crippen LogP contribution in [0, 0.1) is 20.2 Å². The molecule has 240 valence electrons. The number of nitro benzene ring substituents is 2. The minimum Gasteiger partial charge on any atom is -0.268 e. The van der Waals surface area contributed by atoms with Crippen LogP contribution in [0.3, 0.4) is 0 Å². The van der Waals surface area contributed by atoms with Gasteiger partial charge in [0.25, 0.3) is 35.0 Å². The van der Waals surface area contributed by atoms with Crippen molar-refractivity contribution in [1.29, 1.82) is 0 Å². The van der Waals surface area contributed by atoms with Crippen molar-refractivity contribution in [2.45, 2.75) is 0 Å². The number of imide groups is 2. The Morgan fingerprint density at radius 2 is 1.02 bits per heavy atom. The maximum absolute atomic E-state index is 13.4. The average molecular weight is 663 g/mol. The van der Waals surface area contributed by atoms with Crippen LogP contribution in [0.1, 0.15) is 41.4 Å². The summed E-state index contributed by atoms with van der Waals surface area (Å²) in [7, 11) is 0. The molecular weight excluding hydrogens is 644 g/mol. The largest absolute Gasteiger partial charge is 0.270 e. The monoisotopic (exact) mass is 662 g/mol. The number of hydrogen-bond donors (Lipinski definition) is 0. The number of rotatable bonds is 6. The summed E-state index contributed by atoms with van der Waals surface area (Å²) in [6.45, 7) is 0. The molecule has 0 fully saturated rings. The Kier molecular flexibility index (Phi) is 6.61. The first-order valence-electron chi connectivity index (χ1n) is 14.9. The highest BCUT2D eigenvalue weighted by Crippen LogP contribution is 2.37. The number of fused-ring (bicyclic) bond motifs is 3. The third-order valence-corrected chi connectivity index (χ3v) is 8.53. The van der Waals surface area contributed by atoms with Crippen molar-refractivity contribution in [3.63, 3.8) is 0 Å². The van der Waals surface area contributed by atoms with Crippen molar-refractivity contribution in [1.82, 2.24) is 9.97 Å². The fourth-order valence-corrected chi connectivity index (χ4v) is 6.11. The van der Waals surface area contributed by atoms with E-state index in [1.165, 1.54) is 24.3 Å². The lowest BCUT2D eigenvalue weighted by molar-refractivity contribution is -0.385. The molecule has 4 amide bonds. The van der Waals surface area contributed by atoms with Gasteiger partial charge in [0.15, 0.2) is 5.82 Å². The highest BCUT2D eigenvalue weighted by Gasteiger charge is 2.39. The van der Waals surface area contributed by atoms with E-state index in [-0.39, 0.29) is 45.0 Å². The van der Waals surface area contributed by atoms with Gasteiger partial charge in [0.1, 0.15) is 0 Å². The predicted octanol–water partition coefficient (Wildman–Crippen LogP) is 6.38. The second-order valence-corrected chi connectivity index (χ2v) is 11.4. The lowest BCUT2D eigenvalue weighted by Gasteiger charge is -2.17. The zero-order valence-electron chi connectivity index (χ0n) is 25.3. The normalized spacial score (nSPS) is 13.6. The first-order valence-corrected chi connectivity index (χ1v) is 14.9. The maximum atomic E-state index is 13.4. The van der Waals surface area contributed by atoms with E-state index >= 15 is 0 Å². The smallest absolute Gasteiger partial charge is 0.268 e. The number of carbonyl (C=O) groups is 4. The van der Waals surface area contributed by atoms with Crippen LogP contribution in [0.4, 0.5) is 22.7 Å². The molecule has 0 aliphatic carbocycles. The van der Waals surface area contributed by atoms with E-state index in [1.54, 1.807) is 42.5 Å². The standard InChI is InChI=1S/C36H18N6O8/c43-33-25-13-10-23(41(47)48)17-27(25)35(45)39(33)21-8-6-20(7-9-21)32-37-30-15-12-22(16-29(30)31(38-32)19-4-2-1-3-5-19)40-34(44)26-14-11-24(42(49)50)18-28(26)36(40)46/h1-18H. The summed E-state index contributed by atoms with van der Waals surface area (Å²) in [5, 5.41) is 23.0.